The van der Waals surface area contributed by atoms with Crippen molar-refractivity contribution >= 4 is 5.97 Å². The summed E-state index contributed by atoms with van der Waals surface area (Å²) in [5.41, 5.74) is 0. The lowest BCUT2D eigenvalue weighted by Gasteiger charge is -2.08. The molecule has 1 saturated heterocycles. The molecule has 3 N–H and O–H groups in total. The molecule has 5 heteroatoms. The van der Waals surface area contributed by atoms with Crippen molar-refractivity contribution in [1.29, 1.82) is 0 Å². The highest BCUT2D eigenvalue weighted by Crippen LogP contribution is 2.09. The first-order valence-electron chi connectivity index (χ1n) is 3.92. The molecule has 1 aliphatic heterocycles. The quantitative estimate of drug-likeness (QED) is 0.500. The van der Waals surface area contributed by atoms with E-state index in [2.05, 4.69) is 5.32 Å². The van der Waals surface area contributed by atoms with Crippen LogP contribution in [-0.2, 0) is 9.53 Å². The molecule has 1 rings (SSSR count). The first kappa shape index (κ1) is 9.44. The summed E-state index contributed by atoms with van der Waals surface area (Å²) in [5, 5.41) is 19.8. The lowest BCUT2D eigenvalue weighted by Crippen LogP contribution is -2.29. The smallest absolute Gasteiger partial charge is 0.320 e. The zero-order valence-electron chi connectivity index (χ0n) is 6.69. The highest BCUT2D eigenvalue weighted by atomic mass is 16.5. The molecule has 0 amide bonds. The van der Waals surface area contributed by atoms with Gasteiger partial charge in [0.1, 0.15) is 6.04 Å². The highest BCUT2D eigenvalue weighted by Gasteiger charge is 2.29. The molecule has 0 aromatic carbocycles. The maximum absolute atomic E-state index is 10.5. The van der Waals surface area contributed by atoms with Gasteiger partial charge in [-0.25, -0.2) is 0 Å². The Bertz CT molecular complexity index is 161. The van der Waals surface area contributed by atoms with E-state index in [1.165, 1.54) is 0 Å². The van der Waals surface area contributed by atoms with Crippen LogP contribution in [0.5, 0.6) is 0 Å². The van der Waals surface area contributed by atoms with Gasteiger partial charge in [-0.15, -0.1) is 0 Å². The second-order valence-electron chi connectivity index (χ2n) is 2.75. The minimum absolute atomic E-state index is 0.0196. The molecular weight excluding hydrogens is 162 g/mol. The van der Waals surface area contributed by atoms with Crippen molar-refractivity contribution in [2.75, 3.05) is 19.8 Å². The van der Waals surface area contributed by atoms with Crippen molar-refractivity contribution in [2.24, 2.45) is 0 Å². The third kappa shape index (κ3) is 2.44. The number of nitrogens with one attached hydrogen (secondary N) is 1. The highest BCUT2D eigenvalue weighted by molar-refractivity contribution is 5.73. The summed E-state index contributed by atoms with van der Waals surface area (Å²) >= 11 is 0. The van der Waals surface area contributed by atoms with Crippen LogP contribution >= 0.6 is 0 Å². The molecule has 70 valence electrons. The first-order chi connectivity index (χ1) is 5.74. The van der Waals surface area contributed by atoms with E-state index in [0.717, 1.165) is 0 Å². The fraction of sp³-hybridized carbons (Fsp3) is 0.857. The fourth-order valence-electron chi connectivity index (χ4n) is 1.24. The molecule has 1 aliphatic rings. The summed E-state index contributed by atoms with van der Waals surface area (Å²) in [6.07, 6.45) is 0.410. The van der Waals surface area contributed by atoms with Gasteiger partial charge < -0.3 is 20.3 Å². The number of hydrogen-bond donors (Lipinski definition) is 3. The van der Waals surface area contributed by atoms with E-state index in [0.29, 0.717) is 13.0 Å². The molecule has 0 bridgehead atoms. The van der Waals surface area contributed by atoms with E-state index in [1.807, 2.05) is 0 Å². The molecule has 0 unspecified atom stereocenters. The largest absolute Gasteiger partial charge is 0.480 e. The van der Waals surface area contributed by atoms with Crippen molar-refractivity contribution < 1.29 is 19.7 Å². The Morgan fingerprint density at radius 1 is 1.67 bits per heavy atom. The predicted octanol–water partition coefficient (Wildman–Crippen LogP) is -1.19. The van der Waals surface area contributed by atoms with Crippen LogP contribution in [0, 0.1) is 0 Å². The third-order valence-corrected chi connectivity index (χ3v) is 1.83. The molecule has 0 spiro atoms. The van der Waals surface area contributed by atoms with E-state index in [9.17, 15) is 4.79 Å². The molecule has 0 radical (unpaired) electrons. The standard InChI is InChI=1S/C7H13NO4/c9-1-2-12-5-3-6(7(10)11)8-4-5/h5-6,8-9H,1-4H2,(H,10,11)/t5-,6+/m1/s1. The zero-order chi connectivity index (χ0) is 8.97. The van der Waals surface area contributed by atoms with E-state index < -0.39 is 12.0 Å². The summed E-state index contributed by atoms with van der Waals surface area (Å²) in [4.78, 5) is 10.5. The first-order valence-corrected chi connectivity index (χ1v) is 3.92. The Kier molecular flexibility index (Phi) is 3.46. The molecule has 0 aromatic rings. The topological polar surface area (TPSA) is 78.8 Å². The second-order valence-corrected chi connectivity index (χ2v) is 2.75. The molecular formula is C7H13NO4. The van der Waals surface area contributed by atoms with Crippen LogP contribution in [0.25, 0.3) is 0 Å². The molecule has 0 saturated carbocycles. The molecule has 12 heavy (non-hydrogen) atoms. The molecule has 2 atom stereocenters. The maximum Gasteiger partial charge on any atom is 0.320 e. The van der Waals surface area contributed by atoms with Crippen LogP contribution in [0.2, 0.25) is 0 Å². The average molecular weight is 175 g/mol. The number of carboxylic acids is 1. The van der Waals surface area contributed by atoms with Crippen LogP contribution in [0.4, 0.5) is 0 Å². The van der Waals surface area contributed by atoms with Crippen LogP contribution in [0.1, 0.15) is 6.42 Å². The molecule has 0 aromatic heterocycles. The van der Waals surface area contributed by atoms with Gasteiger partial charge in [0.2, 0.25) is 0 Å². The van der Waals surface area contributed by atoms with Gasteiger partial charge in [0.25, 0.3) is 0 Å². The van der Waals surface area contributed by atoms with Gasteiger partial charge in [-0.2, -0.15) is 0 Å². The number of hydrogen-bond acceptors (Lipinski definition) is 4. The van der Waals surface area contributed by atoms with Gasteiger partial charge in [0.05, 0.1) is 19.3 Å². The Labute approximate surface area is 70.3 Å². The van der Waals surface area contributed by atoms with E-state index in [-0.39, 0.29) is 19.3 Å². The summed E-state index contributed by atoms with van der Waals surface area (Å²) in [6.45, 7) is 0.809. The van der Waals surface area contributed by atoms with Crippen molar-refractivity contribution in [2.45, 2.75) is 18.6 Å². The molecule has 1 fully saturated rings. The number of carboxylic acid groups (broad SMARTS) is 1. The number of aliphatic carboxylic acids is 1. The Hall–Kier alpha value is -0.650. The van der Waals surface area contributed by atoms with Crippen molar-refractivity contribution in [3.63, 3.8) is 0 Å². The maximum atomic E-state index is 10.5. The lowest BCUT2D eigenvalue weighted by atomic mass is 10.2. The summed E-state index contributed by atoms with van der Waals surface area (Å²) in [7, 11) is 0. The zero-order valence-corrected chi connectivity index (χ0v) is 6.69. The van der Waals surface area contributed by atoms with Crippen molar-refractivity contribution in [3.05, 3.63) is 0 Å². The van der Waals surface area contributed by atoms with Crippen LogP contribution in [0.15, 0.2) is 0 Å². The van der Waals surface area contributed by atoms with Crippen LogP contribution < -0.4 is 5.32 Å². The van der Waals surface area contributed by atoms with Gasteiger partial charge in [-0.1, -0.05) is 0 Å². The van der Waals surface area contributed by atoms with E-state index in [4.69, 9.17) is 14.9 Å². The minimum atomic E-state index is -0.843. The number of carbonyl (C=O) groups is 1. The van der Waals surface area contributed by atoms with Crippen LogP contribution in [-0.4, -0.2) is 48.1 Å². The number of ether oxygens (including phenoxy) is 1. The Morgan fingerprint density at radius 2 is 2.42 bits per heavy atom. The summed E-state index contributed by atoms with van der Waals surface area (Å²) < 4.78 is 5.16. The number of rotatable bonds is 4. The molecule has 0 aliphatic carbocycles. The molecule has 1 heterocycles. The number of aliphatic hydroxyl groups excluding tert-OH is 1. The normalized spacial score (nSPS) is 29.1. The fourth-order valence-corrected chi connectivity index (χ4v) is 1.24. The third-order valence-electron chi connectivity index (χ3n) is 1.83. The van der Waals surface area contributed by atoms with Gasteiger partial charge >= 0.3 is 5.97 Å². The minimum Gasteiger partial charge on any atom is -0.480 e. The summed E-state index contributed by atoms with van der Waals surface area (Å²) in [5.74, 6) is -0.843. The average Bonchev–Trinajstić information content (AvgIpc) is 2.48. The summed E-state index contributed by atoms with van der Waals surface area (Å²) in [6, 6.07) is -0.492. The van der Waals surface area contributed by atoms with E-state index in [1.54, 1.807) is 0 Å². The van der Waals surface area contributed by atoms with Gasteiger partial charge in [-0.3, -0.25) is 4.79 Å². The van der Waals surface area contributed by atoms with Crippen molar-refractivity contribution in [3.8, 4) is 0 Å². The lowest BCUT2D eigenvalue weighted by molar-refractivity contribution is -0.139. The monoisotopic (exact) mass is 175 g/mol. The Balaban J connectivity index is 2.21. The van der Waals surface area contributed by atoms with Crippen LogP contribution in [0.3, 0.4) is 0 Å². The second kappa shape index (κ2) is 4.39. The number of aliphatic hydroxyl groups is 1. The molecule has 5 nitrogen and oxygen atoms in total. The van der Waals surface area contributed by atoms with Gasteiger partial charge in [0, 0.05) is 13.0 Å². The van der Waals surface area contributed by atoms with E-state index >= 15 is 0 Å². The SMILES string of the molecule is O=C(O)[C@@H]1C[C@@H](OCCO)CN1. The van der Waals surface area contributed by atoms with Gasteiger partial charge in [0.15, 0.2) is 0 Å². The van der Waals surface area contributed by atoms with Crippen molar-refractivity contribution in [1.82, 2.24) is 5.32 Å². The van der Waals surface area contributed by atoms with Gasteiger partial charge in [-0.05, 0) is 0 Å². The Morgan fingerprint density at radius 3 is 2.92 bits per heavy atom. The predicted molar refractivity (Wildman–Crippen MR) is 40.9 cm³/mol.